The van der Waals surface area contributed by atoms with Gasteiger partial charge in [0.25, 0.3) is 0 Å². The molecule has 38 heavy (non-hydrogen) atoms. The number of hydrogen-bond acceptors (Lipinski definition) is 7. The quantitative estimate of drug-likeness (QED) is 0.253. The van der Waals surface area contributed by atoms with Crippen molar-refractivity contribution >= 4 is 23.5 Å². The van der Waals surface area contributed by atoms with Crippen LogP contribution in [0.5, 0.6) is 0 Å². The molecule has 2 unspecified atom stereocenters. The fourth-order valence-corrected chi connectivity index (χ4v) is 5.59. The van der Waals surface area contributed by atoms with E-state index < -0.39 is 17.3 Å². The molecule has 2 heterocycles. The second-order valence-corrected chi connectivity index (χ2v) is 11.6. The molecule has 194 valence electrons. The van der Waals surface area contributed by atoms with Gasteiger partial charge in [-0.1, -0.05) is 98.8 Å². The number of ether oxygens (including phenoxy) is 1. The van der Waals surface area contributed by atoms with Gasteiger partial charge < -0.3 is 10.2 Å². The highest BCUT2D eigenvalue weighted by atomic mass is 32.2. The Hall–Kier alpha value is -3.91. The van der Waals surface area contributed by atoms with Gasteiger partial charge in [0, 0.05) is 11.1 Å². The lowest BCUT2D eigenvalue weighted by atomic mass is 9.87. The Morgan fingerprint density at radius 1 is 0.895 bits per heavy atom. The first-order chi connectivity index (χ1) is 18.2. The molecular weight excluding hydrogens is 496 g/mol. The van der Waals surface area contributed by atoms with E-state index in [2.05, 4.69) is 48.5 Å². The molecule has 1 aliphatic rings. The van der Waals surface area contributed by atoms with Crippen molar-refractivity contribution in [3.05, 3.63) is 101 Å². The first-order valence-corrected chi connectivity index (χ1v) is 13.3. The number of benzene rings is 3. The minimum Gasteiger partial charge on any atom is -0.465 e. The molecule has 3 aromatic carbocycles. The zero-order chi connectivity index (χ0) is 27.0. The zero-order valence-corrected chi connectivity index (χ0v) is 22.9. The molecule has 0 saturated heterocycles. The van der Waals surface area contributed by atoms with Crippen LogP contribution in [0.25, 0.3) is 11.4 Å². The Morgan fingerprint density at radius 2 is 1.53 bits per heavy atom. The van der Waals surface area contributed by atoms with Gasteiger partial charge in [-0.05, 0) is 35.6 Å². The Balaban J connectivity index is 1.53. The van der Waals surface area contributed by atoms with Crippen molar-refractivity contribution in [1.82, 2.24) is 14.9 Å². The number of carbonyl (C=O) groups excluding carboxylic acids is 2. The highest BCUT2D eigenvalue weighted by Gasteiger charge is 2.38. The van der Waals surface area contributed by atoms with Crippen molar-refractivity contribution in [1.29, 1.82) is 0 Å². The minimum atomic E-state index is -0.491. The lowest BCUT2D eigenvalue weighted by Gasteiger charge is -2.33. The summed E-state index contributed by atoms with van der Waals surface area (Å²) in [4.78, 5) is 25.7. The van der Waals surface area contributed by atoms with Crippen LogP contribution in [-0.4, -0.2) is 39.0 Å². The summed E-state index contributed by atoms with van der Waals surface area (Å²) in [7, 11) is 1.36. The van der Waals surface area contributed by atoms with Crippen LogP contribution in [0.3, 0.4) is 0 Å². The summed E-state index contributed by atoms with van der Waals surface area (Å²) >= 11 is 1.39. The Bertz CT molecular complexity index is 1470. The topological polar surface area (TPSA) is 86.1 Å². The van der Waals surface area contributed by atoms with Crippen molar-refractivity contribution in [2.75, 3.05) is 12.5 Å². The van der Waals surface area contributed by atoms with Gasteiger partial charge in [-0.3, -0.25) is 4.79 Å². The molecule has 0 aliphatic carbocycles. The number of thioether (sulfide) groups is 1. The summed E-state index contributed by atoms with van der Waals surface area (Å²) in [5.74, 6) is 0.261. The Morgan fingerprint density at radius 3 is 2.13 bits per heavy atom. The smallest absolute Gasteiger partial charge is 0.337 e. The second kappa shape index (κ2) is 10.1. The van der Waals surface area contributed by atoms with Gasteiger partial charge in [-0.2, -0.15) is 0 Å². The minimum absolute atomic E-state index is 0.00475. The van der Waals surface area contributed by atoms with E-state index in [1.807, 2.05) is 60.1 Å². The summed E-state index contributed by atoms with van der Waals surface area (Å²) in [6.45, 7) is 8.54. The number of Topliss-reactive ketones (excluding diaryl/α,β-unsaturated/α-hetero) is 1. The third kappa shape index (κ3) is 4.96. The average molecular weight is 527 g/mol. The summed E-state index contributed by atoms with van der Waals surface area (Å²) in [6.07, 6.45) is 0. The summed E-state index contributed by atoms with van der Waals surface area (Å²) in [6, 6.07) is 22.7. The van der Waals surface area contributed by atoms with E-state index in [0.29, 0.717) is 22.1 Å². The van der Waals surface area contributed by atoms with Crippen molar-refractivity contribution in [2.24, 2.45) is 0 Å². The molecule has 8 heteroatoms. The van der Waals surface area contributed by atoms with Gasteiger partial charge in [0.2, 0.25) is 5.16 Å². The number of rotatable bonds is 5. The van der Waals surface area contributed by atoms with E-state index >= 15 is 0 Å². The maximum Gasteiger partial charge on any atom is 0.337 e. The molecule has 0 amide bonds. The molecule has 2 atom stereocenters. The van der Waals surface area contributed by atoms with E-state index in [1.165, 1.54) is 24.4 Å². The molecule has 4 aromatic rings. The van der Waals surface area contributed by atoms with Crippen LogP contribution in [-0.2, 0) is 10.2 Å². The fraction of sp³-hybridized carbons (Fsp3) is 0.267. The lowest BCUT2D eigenvalue weighted by Crippen LogP contribution is -2.39. The van der Waals surface area contributed by atoms with Gasteiger partial charge >= 0.3 is 5.97 Å². The van der Waals surface area contributed by atoms with Crippen LogP contribution in [0.2, 0.25) is 0 Å². The van der Waals surface area contributed by atoms with Gasteiger partial charge in [0.1, 0.15) is 5.25 Å². The SMILES string of the molecule is COC(=O)c1ccc(C2Nn3c(nnc3-c3ccc(C(C)(C)C)cc3)SC2C(=O)c2ccc(C)cc2)cc1. The number of aromatic nitrogens is 3. The number of carbonyl (C=O) groups is 2. The lowest BCUT2D eigenvalue weighted by molar-refractivity contribution is 0.0600. The van der Waals surface area contributed by atoms with Crippen LogP contribution >= 0.6 is 11.8 Å². The monoisotopic (exact) mass is 526 g/mol. The molecule has 5 rings (SSSR count). The average Bonchev–Trinajstić information content (AvgIpc) is 3.34. The van der Waals surface area contributed by atoms with Crippen molar-refractivity contribution in [3.63, 3.8) is 0 Å². The molecule has 0 fully saturated rings. The number of fused-ring (bicyclic) bond motifs is 1. The molecule has 0 bridgehead atoms. The van der Waals surface area contributed by atoms with Crippen LogP contribution in [0.1, 0.15) is 64.2 Å². The van der Waals surface area contributed by atoms with Crippen LogP contribution in [0.4, 0.5) is 0 Å². The van der Waals surface area contributed by atoms with Gasteiger partial charge in [-0.25, -0.2) is 9.47 Å². The van der Waals surface area contributed by atoms with Crippen molar-refractivity contribution in [2.45, 2.75) is 49.6 Å². The van der Waals surface area contributed by atoms with E-state index in [0.717, 1.165) is 16.7 Å². The summed E-state index contributed by atoms with van der Waals surface area (Å²) in [5.41, 5.74) is 8.75. The van der Waals surface area contributed by atoms with E-state index in [9.17, 15) is 9.59 Å². The van der Waals surface area contributed by atoms with Gasteiger partial charge in [0.05, 0.1) is 18.7 Å². The third-order valence-corrected chi connectivity index (χ3v) is 7.95. The number of methoxy groups -OCH3 is 1. The number of esters is 1. The molecule has 0 spiro atoms. The number of ketones is 1. The first kappa shape index (κ1) is 25.7. The van der Waals surface area contributed by atoms with Crippen molar-refractivity contribution in [3.8, 4) is 11.4 Å². The van der Waals surface area contributed by atoms with Gasteiger partial charge in [-0.15, -0.1) is 10.2 Å². The van der Waals surface area contributed by atoms with Crippen LogP contribution in [0, 0.1) is 6.92 Å². The fourth-order valence-electron chi connectivity index (χ4n) is 4.44. The highest BCUT2D eigenvalue weighted by molar-refractivity contribution is 8.00. The predicted molar refractivity (Wildman–Crippen MR) is 149 cm³/mol. The predicted octanol–water partition coefficient (Wildman–Crippen LogP) is 5.98. The maximum atomic E-state index is 13.7. The molecule has 7 nitrogen and oxygen atoms in total. The molecule has 1 aliphatic heterocycles. The molecule has 0 radical (unpaired) electrons. The zero-order valence-electron chi connectivity index (χ0n) is 22.1. The number of nitrogens with zero attached hydrogens (tertiary/aromatic N) is 3. The molecule has 1 N–H and O–H groups in total. The Kier molecular flexibility index (Phi) is 6.84. The summed E-state index contributed by atoms with van der Waals surface area (Å²) < 4.78 is 6.70. The molecular formula is C30H30N4O3S. The third-order valence-electron chi connectivity index (χ3n) is 6.73. The van der Waals surface area contributed by atoms with Gasteiger partial charge in [0.15, 0.2) is 11.6 Å². The maximum absolute atomic E-state index is 13.7. The molecule has 1 aromatic heterocycles. The second-order valence-electron chi connectivity index (χ2n) is 10.5. The van der Waals surface area contributed by atoms with E-state index in [1.54, 1.807) is 12.1 Å². The highest BCUT2D eigenvalue weighted by Crippen LogP contribution is 2.40. The number of nitrogens with one attached hydrogen (secondary N) is 1. The standard InChI is InChI=1S/C30H30N4O3S/c1-18-6-8-20(9-7-18)25(35)26-24(19-10-12-22(13-11-19)28(36)37-5)33-34-27(31-32-29(34)38-26)21-14-16-23(17-15-21)30(2,3)4/h6-17,24,26,33H,1-5H3. The Labute approximate surface area is 226 Å². The first-order valence-electron chi connectivity index (χ1n) is 12.4. The number of hydrogen-bond donors (Lipinski definition) is 1. The number of aryl methyl sites for hydroxylation is 1. The van der Waals surface area contributed by atoms with Crippen LogP contribution < -0.4 is 5.43 Å². The summed E-state index contributed by atoms with van der Waals surface area (Å²) in [5, 5.41) is 9.02. The molecule has 0 saturated carbocycles. The van der Waals surface area contributed by atoms with E-state index in [4.69, 9.17) is 4.74 Å². The van der Waals surface area contributed by atoms with E-state index in [-0.39, 0.29) is 11.2 Å². The van der Waals surface area contributed by atoms with Crippen LogP contribution in [0.15, 0.2) is 78.0 Å². The normalized spacial score (nSPS) is 16.9. The van der Waals surface area contributed by atoms with Crippen molar-refractivity contribution < 1.29 is 14.3 Å². The largest absolute Gasteiger partial charge is 0.465 e.